The Labute approximate surface area is 163 Å². The molecular weight excluding hydrogens is 360 g/mol. The highest BCUT2D eigenvalue weighted by atomic mass is 16.5. The third kappa shape index (κ3) is 4.16. The lowest BCUT2D eigenvalue weighted by Gasteiger charge is -2.11. The van der Waals surface area contributed by atoms with Crippen molar-refractivity contribution in [2.75, 3.05) is 18.5 Å². The number of amides is 1. The van der Waals surface area contributed by atoms with Gasteiger partial charge in [-0.2, -0.15) is 5.10 Å². The van der Waals surface area contributed by atoms with Crippen molar-refractivity contribution < 1.29 is 18.8 Å². The fraction of sp³-hybridized carbons (Fsp3) is 0.350. The molecule has 1 aromatic carbocycles. The first kappa shape index (κ1) is 19.5. The van der Waals surface area contributed by atoms with Crippen LogP contribution in [0.1, 0.15) is 44.2 Å². The van der Waals surface area contributed by atoms with Crippen molar-refractivity contribution in [1.29, 1.82) is 0 Å². The van der Waals surface area contributed by atoms with Crippen LogP contribution >= 0.6 is 0 Å². The van der Waals surface area contributed by atoms with Crippen molar-refractivity contribution in [3.8, 4) is 22.8 Å². The van der Waals surface area contributed by atoms with Crippen LogP contribution in [0.15, 0.2) is 41.1 Å². The number of nitrogens with zero attached hydrogens (tertiary/aromatic N) is 3. The number of ether oxygens (including phenoxy) is 2. The summed E-state index contributed by atoms with van der Waals surface area (Å²) in [6.07, 6.45) is 1.64. The molecule has 0 bridgehead atoms. The fourth-order valence-corrected chi connectivity index (χ4v) is 2.73. The molecule has 8 heteroatoms. The summed E-state index contributed by atoms with van der Waals surface area (Å²) >= 11 is 0. The predicted molar refractivity (Wildman–Crippen MR) is 105 cm³/mol. The third-order valence-electron chi connectivity index (χ3n) is 3.97. The van der Waals surface area contributed by atoms with Gasteiger partial charge in [0.2, 0.25) is 0 Å². The van der Waals surface area contributed by atoms with Crippen LogP contribution in [0.4, 0.5) is 5.82 Å². The van der Waals surface area contributed by atoms with Crippen molar-refractivity contribution in [1.82, 2.24) is 14.9 Å². The van der Waals surface area contributed by atoms with Gasteiger partial charge in [0.1, 0.15) is 5.82 Å². The second-order valence-corrected chi connectivity index (χ2v) is 6.31. The lowest BCUT2D eigenvalue weighted by atomic mass is 10.1. The summed E-state index contributed by atoms with van der Waals surface area (Å²) in [4.78, 5) is 12.5. The second kappa shape index (κ2) is 8.60. The Bertz CT molecular complexity index is 945. The van der Waals surface area contributed by atoms with Gasteiger partial charge in [0.15, 0.2) is 23.0 Å². The SMILES string of the molecule is CCOc1ccc(-c2cc(C(=O)Nc3ccnn3C(C)C)no2)cc1OCC. The fourth-order valence-electron chi connectivity index (χ4n) is 2.73. The molecule has 0 radical (unpaired) electrons. The van der Waals surface area contributed by atoms with Gasteiger partial charge in [-0.25, -0.2) is 4.68 Å². The van der Waals surface area contributed by atoms with Crippen molar-refractivity contribution in [3.63, 3.8) is 0 Å². The molecule has 0 fully saturated rings. The molecule has 0 aliphatic rings. The molecule has 0 atom stereocenters. The molecule has 2 aromatic heterocycles. The summed E-state index contributed by atoms with van der Waals surface area (Å²) in [7, 11) is 0. The van der Waals surface area contributed by atoms with Crippen molar-refractivity contribution in [2.45, 2.75) is 33.7 Å². The van der Waals surface area contributed by atoms with Gasteiger partial charge in [-0.15, -0.1) is 0 Å². The maximum absolute atomic E-state index is 12.5. The minimum absolute atomic E-state index is 0.124. The van der Waals surface area contributed by atoms with Crippen LogP contribution in [0.2, 0.25) is 0 Å². The molecule has 0 unspecified atom stereocenters. The van der Waals surface area contributed by atoms with E-state index < -0.39 is 0 Å². The third-order valence-corrected chi connectivity index (χ3v) is 3.97. The zero-order valence-corrected chi connectivity index (χ0v) is 16.4. The Kier molecular flexibility index (Phi) is 5.98. The molecule has 3 rings (SSSR count). The van der Waals surface area contributed by atoms with E-state index in [1.165, 1.54) is 0 Å². The smallest absolute Gasteiger partial charge is 0.279 e. The normalized spacial score (nSPS) is 10.9. The topological polar surface area (TPSA) is 91.4 Å². The highest BCUT2D eigenvalue weighted by molar-refractivity contribution is 6.02. The molecule has 1 N–H and O–H groups in total. The van der Waals surface area contributed by atoms with E-state index in [4.69, 9.17) is 14.0 Å². The maximum Gasteiger partial charge on any atom is 0.279 e. The maximum atomic E-state index is 12.5. The largest absolute Gasteiger partial charge is 0.490 e. The number of carbonyl (C=O) groups excluding carboxylic acids is 1. The number of nitrogens with one attached hydrogen (secondary N) is 1. The Morgan fingerprint density at radius 3 is 2.61 bits per heavy atom. The zero-order valence-electron chi connectivity index (χ0n) is 16.4. The van der Waals surface area contributed by atoms with Crippen molar-refractivity contribution in [3.05, 3.63) is 42.2 Å². The molecule has 8 nitrogen and oxygen atoms in total. The van der Waals surface area contributed by atoms with E-state index in [0.29, 0.717) is 36.3 Å². The number of carbonyl (C=O) groups is 1. The first-order valence-corrected chi connectivity index (χ1v) is 9.25. The predicted octanol–water partition coefficient (Wildman–Crippen LogP) is 4.17. The molecule has 2 heterocycles. The summed E-state index contributed by atoms with van der Waals surface area (Å²) in [5.74, 6) is 1.97. The van der Waals surface area contributed by atoms with E-state index in [9.17, 15) is 4.79 Å². The number of rotatable bonds is 8. The molecule has 0 saturated heterocycles. The molecule has 0 spiro atoms. The molecular formula is C20H24N4O4. The molecule has 0 aliphatic heterocycles. The number of aromatic nitrogens is 3. The number of anilines is 1. The molecule has 28 heavy (non-hydrogen) atoms. The van der Waals surface area contributed by atoms with Gasteiger partial charge in [-0.3, -0.25) is 4.79 Å². The van der Waals surface area contributed by atoms with Crippen LogP contribution in [-0.2, 0) is 0 Å². The summed E-state index contributed by atoms with van der Waals surface area (Å²) in [6.45, 7) is 8.84. The summed E-state index contributed by atoms with van der Waals surface area (Å²) in [6, 6.07) is 8.91. The molecule has 0 saturated carbocycles. The van der Waals surface area contributed by atoms with E-state index in [2.05, 4.69) is 15.6 Å². The highest BCUT2D eigenvalue weighted by Crippen LogP contribution is 2.33. The Balaban J connectivity index is 1.80. The van der Waals surface area contributed by atoms with Crippen molar-refractivity contribution >= 4 is 11.7 Å². The average Bonchev–Trinajstić information content (AvgIpc) is 3.33. The monoisotopic (exact) mass is 384 g/mol. The van der Waals surface area contributed by atoms with Crippen LogP contribution in [-0.4, -0.2) is 34.1 Å². The van der Waals surface area contributed by atoms with Gasteiger partial charge in [-0.1, -0.05) is 5.16 Å². The van der Waals surface area contributed by atoms with E-state index in [1.807, 2.05) is 45.9 Å². The average molecular weight is 384 g/mol. The molecule has 148 valence electrons. The van der Waals surface area contributed by atoms with Crippen LogP contribution in [0.3, 0.4) is 0 Å². The first-order chi connectivity index (χ1) is 13.5. The van der Waals surface area contributed by atoms with E-state index >= 15 is 0 Å². The lowest BCUT2D eigenvalue weighted by molar-refractivity contribution is 0.101. The Hall–Kier alpha value is -3.29. The van der Waals surface area contributed by atoms with Gasteiger partial charge in [-0.05, 0) is 45.9 Å². The van der Waals surface area contributed by atoms with Crippen LogP contribution in [0, 0.1) is 0 Å². The zero-order chi connectivity index (χ0) is 20.1. The molecule has 1 amide bonds. The van der Waals surface area contributed by atoms with Gasteiger partial charge < -0.3 is 19.3 Å². The molecule has 3 aromatic rings. The van der Waals surface area contributed by atoms with E-state index in [-0.39, 0.29) is 17.6 Å². The summed E-state index contributed by atoms with van der Waals surface area (Å²) in [5.41, 5.74) is 0.920. The van der Waals surface area contributed by atoms with Gasteiger partial charge in [0.05, 0.1) is 19.4 Å². The minimum Gasteiger partial charge on any atom is -0.490 e. The van der Waals surface area contributed by atoms with Crippen LogP contribution in [0.25, 0.3) is 11.3 Å². The standard InChI is InChI=1S/C20H24N4O4/c1-5-26-16-8-7-14(11-18(16)27-6-2)17-12-15(23-28-17)20(25)22-19-9-10-21-24(19)13(3)4/h7-13H,5-6H2,1-4H3,(H,22,25). The van der Waals surface area contributed by atoms with Crippen molar-refractivity contribution in [2.24, 2.45) is 0 Å². The number of hydrogen-bond donors (Lipinski definition) is 1. The lowest BCUT2D eigenvalue weighted by Crippen LogP contribution is -2.16. The van der Waals surface area contributed by atoms with E-state index in [1.54, 1.807) is 23.0 Å². The summed E-state index contributed by atoms with van der Waals surface area (Å²) in [5, 5.41) is 10.9. The van der Waals surface area contributed by atoms with E-state index in [0.717, 1.165) is 5.56 Å². The Morgan fingerprint density at radius 1 is 1.14 bits per heavy atom. The quantitative estimate of drug-likeness (QED) is 0.627. The van der Waals surface area contributed by atoms with Gasteiger partial charge in [0.25, 0.3) is 5.91 Å². The van der Waals surface area contributed by atoms with Gasteiger partial charge in [0, 0.05) is 23.7 Å². The minimum atomic E-state index is -0.367. The number of hydrogen-bond acceptors (Lipinski definition) is 6. The Morgan fingerprint density at radius 2 is 1.89 bits per heavy atom. The highest BCUT2D eigenvalue weighted by Gasteiger charge is 2.17. The summed E-state index contributed by atoms with van der Waals surface area (Å²) < 4.78 is 18.3. The van der Waals surface area contributed by atoms with Crippen LogP contribution in [0.5, 0.6) is 11.5 Å². The number of benzene rings is 1. The van der Waals surface area contributed by atoms with Crippen LogP contribution < -0.4 is 14.8 Å². The van der Waals surface area contributed by atoms with Gasteiger partial charge >= 0.3 is 0 Å². The first-order valence-electron chi connectivity index (χ1n) is 9.25. The molecule has 0 aliphatic carbocycles. The second-order valence-electron chi connectivity index (χ2n) is 6.31.